The van der Waals surface area contributed by atoms with Gasteiger partial charge in [-0.2, -0.15) is 4.91 Å². The van der Waals surface area contributed by atoms with E-state index >= 15 is 0 Å². The summed E-state index contributed by atoms with van der Waals surface area (Å²) in [6.07, 6.45) is 5.65. The standard InChI is InChI=1S/C18H24INO3/c1-23-18(19,13-15-6-3-2-4-7-15)17(21)12-14-8-5-9-16(20-22)11-10-14/h2-4,6-7,14,16H,5,8-13H2,1H3/t14?,16?,18-/m0/s1. The van der Waals surface area contributed by atoms with Crippen LogP contribution in [0.4, 0.5) is 0 Å². The van der Waals surface area contributed by atoms with Gasteiger partial charge in [0.2, 0.25) is 0 Å². The highest BCUT2D eigenvalue weighted by Gasteiger charge is 2.36. The van der Waals surface area contributed by atoms with E-state index in [9.17, 15) is 9.70 Å². The first kappa shape index (κ1) is 18.5. The Hall–Kier alpha value is -0.820. The summed E-state index contributed by atoms with van der Waals surface area (Å²) in [5, 5.41) is 3.18. The first-order valence-electron chi connectivity index (χ1n) is 8.21. The molecule has 23 heavy (non-hydrogen) atoms. The Bertz CT molecular complexity index is 522. The van der Waals surface area contributed by atoms with Crippen molar-refractivity contribution in [3.05, 3.63) is 40.8 Å². The van der Waals surface area contributed by atoms with Crippen molar-refractivity contribution in [1.82, 2.24) is 0 Å². The van der Waals surface area contributed by atoms with Gasteiger partial charge < -0.3 is 4.74 Å². The SMILES string of the molecule is CO[C@@](I)(Cc1ccccc1)C(=O)CC1CCCC(N=O)CC1. The summed E-state index contributed by atoms with van der Waals surface area (Å²) >= 11 is 2.15. The molecule has 0 aliphatic heterocycles. The number of carbonyl (C=O) groups excluding carboxylic acids is 1. The van der Waals surface area contributed by atoms with Crippen LogP contribution < -0.4 is 0 Å². The molecule has 1 aromatic carbocycles. The lowest BCUT2D eigenvalue weighted by Gasteiger charge is -2.27. The Morgan fingerprint density at radius 2 is 2.00 bits per heavy atom. The predicted octanol–water partition coefficient (Wildman–Crippen LogP) is 4.68. The number of ether oxygens (including phenoxy) is 1. The average molecular weight is 429 g/mol. The van der Waals surface area contributed by atoms with Gasteiger partial charge in [0.1, 0.15) is 0 Å². The van der Waals surface area contributed by atoms with E-state index in [4.69, 9.17) is 4.74 Å². The van der Waals surface area contributed by atoms with Gasteiger partial charge in [0.15, 0.2) is 9.39 Å². The molecule has 0 spiro atoms. The molecule has 1 aliphatic carbocycles. The number of alkyl halides is 1. The highest BCUT2D eigenvalue weighted by Crippen LogP contribution is 2.33. The fourth-order valence-corrected chi connectivity index (χ4v) is 3.89. The van der Waals surface area contributed by atoms with E-state index in [-0.39, 0.29) is 11.8 Å². The number of nitrogens with zero attached hydrogens (tertiary/aromatic N) is 1. The van der Waals surface area contributed by atoms with Gasteiger partial charge in [-0.25, -0.2) is 0 Å². The minimum absolute atomic E-state index is 0.0637. The van der Waals surface area contributed by atoms with Crippen LogP contribution in [0.1, 0.15) is 44.1 Å². The number of hydrogen-bond acceptors (Lipinski definition) is 4. The average Bonchev–Trinajstić information content (AvgIpc) is 2.80. The summed E-state index contributed by atoms with van der Waals surface area (Å²) in [4.78, 5) is 23.5. The summed E-state index contributed by atoms with van der Waals surface area (Å²) in [7, 11) is 1.60. The summed E-state index contributed by atoms with van der Waals surface area (Å²) in [5.74, 6) is 0.487. The maximum absolute atomic E-state index is 12.8. The van der Waals surface area contributed by atoms with Crippen molar-refractivity contribution in [3.8, 4) is 0 Å². The second-order valence-corrected chi connectivity index (χ2v) is 8.10. The van der Waals surface area contributed by atoms with Crippen molar-refractivity contribution in [2.24, 2.45) is 11.1 Å². The van der Waals surface area contributed by atoms with Gasteiger partial charge in [-0.15, -0.1) is 0 Å². The van der Waals surface area contributed by atoms with Crippen LogP contribution in [0.5, 0.6) is 0 Å². The van der Waals surface area contributed by atoms with Crippen molar-refractivity contribution in [3.63, 3.8) is 0 Å². The molecule has 126 valence electrons. The maximum Gasteiger partial charge on any atom is 0.180 e. The van der Waals surface area contributed by atoms with E-state index < -0.39 is 3.61 Å². The number of carbonyl (C=O) groups is 1. The van der Waals surface area contributed by atoms with E-state index in [1.165, 1.54) is 0 Å². The number of methoxy groups -OCH3 is 1. The number of ketones is 1. The molecule has 0 saturated heterocycles. The van der Waals surface area contributed by atoms with E-state index in [1.54, 1.807) is 7.11 Å². The van der Waals surface area contributed by atoms with Gasteiger partial charge >= 0.3 is 0 Å². The molecule has 0 N–H and O–H groups in total. The fourth-order valence-electron chi connectivity index (χ4n) is 3.23. The molecule has 0 radical (unpaired) electrons. The molecule has 3 atom stereocenters. The summed E-state index contributed by atoms with van der Waals surface area (Å²) in [5.41, 5.74) is 1.10. The summed E-state index contributed by atoms with van der Waals surface area (Å²) in [6, 6.07) is 9.90. The van der Waals surface area contributed by atoms with E-state index in [0.29, 0.717) is 18.8 Å². The number of Topliss-reactive ketones (excluding diaryl/α,β-unsaturated/α-hetero) is 1. The Balaban J connectivity index is 1.97. The summed E-state index contributed by atoms with van der Waals surface area (Å²) in [6.45, 7) is 0. The minimum Gasteiger partial charge on any atom is -0.360 e. The largest absolute Gasteiger partial charge is 0.360 e. The molecule has 1 fully saturated rings. The van der Waals surface area contributed by atoms with Crippen LogP contribution in [-0.4, -0.2) is 22.5 Å². The quantitative estimate of drug-likeness (QED) is 0.274. The van der Waals surface area contributed by atoms with Gasteiger partial charge in [-0.05, 0) is 59.8 Å². The van der Waals surface area contributed by atoms with Crippen LogP contribution in [0, 0.1) is 10.8 Å². The first-order chi connectivity index (χ1) is 11.1. The normalized spacial score (nSPS) is 24.4. The zero-order chi connectivity index (χ0) is 16.7. The molecule has 2 rings (SSSR count). The van der Waals surface area contributed by atoms with Crippen molar-refractivity contribution < 1.29 is 9.53 Å². The lowest BCUT2D eigenvalue weighted by molar-refractivity contribution is -0.131. The Labute approximate surface area is 151 Å². The molecule has 5 heteroatoms. The number of benzene rings is 1. The first-order valence-corrected chi connectivity index (χ1v) is 9.29. The zero-order valence-corrected chi connectivity index (χ0v) is 15.7. The third kappa shape index (κ3) is 5.35. The molecular weight excluding hydrogens is 405 g/mol. The predicted molar refractivity (Wildman–Crippen MR) is 99.7 cm³/mol. The Morgan fingerprint density at radius 1 is 1.26 bits per heavy atom. The fraction of sp³-hybridized carbons (Fsp3) is 0.611. The lowest BCUT2D eigenvalue weighted by atomic mass is 9.91. The molecule has 1 aliphatic rings. The van der Waals surface area contributed by atoms with Gasteiger partial charge in [0, 0.05) is 20.0 Å². The van der Waals surface area contributed by atoms with Crippen molar-refractivity contribution >= 4 is 28.4 Å². The molecule has 1 saturated carbocycles. The summed E-state index contributed by atoms with van der Waals surface area (Å²) < 4.78 is 4.78. The van der Waals surface area contributed by atoms with Crippen LogP contribution >= 0.6 is 22.6 Å². The Morgan fingerprint density at radius 3 is 2.65 bits per heavy atom. The van der Waals surface area contributed by atoms with Gasteiger partial charge in [-0.3, -0.25) is 4.79 Å². The highest BCUT2D eigenvalue weighted by atomic mass is 127. The van der Waals surface area contributed by atoms with Crippen molar-refractivity contribution in [2.75, 3.05) is 7.11 Å². The van der Waals surface area contributed by atoms with Crippen molar-refractivity contribution in [2.45, 2.75) is 54.6 Å². The molecule has 1 aromatic rings. The van der Waals surface area contributed by atoms with E-state index in [1.807, 2.05) is 30.3 Å². The molecule has 2 unspecified atom stereocenters. The molecule has 0 heterocycles. The van der Waals surface area contributed by atoms with Crippen LogP contribution in [0.15, 0.2) is 35.5 Å². The van der Waals surface area contributed by atoms with Crippen LogP contribution in [0.3, 0.4) is 0 Å². The number of nitroso groups, excluding NO2 is 1. The number of rotatable bonds is 7. The number of hydrogen-bond donors (Lipinski definition) is 0. The molecular formula is C18H24INO3. The smallest absolute Gasteiger partial charge is 0.180 e. The van der Waals surface area contributed by atoms with Crippen LogP contribution in [-0.2, 0) is 16.0 Å². The van der Waals surface area contributed by atoms with Crippen LogP contribution in [0.2, 0.25) is 0 Å². The van der Waals surface area contributed by atoms with E-state index in [2.05, 4.69) is 27.8 Å². The maximum atomic E-state index is 12.8. The Kier molecular flexibility index (Phi) is 7.14. The topological polar surface area (TPSA) is 55.7 Å². The monoisotopic (exact) mass is 429 g/mol. The third-order valence-corrected chi connectivity index (χ3v) is 6.12. The highest BCUT2D eigenvalue weighted by molar-refractivity contribution is 14.1. The zero-order valence-electron chi connectivity index (χ0n) is 13.5. The van der Waals surface area contributed by atoms with Crippen molar-refractivity contribution in [1.29, 1.82) is 0 Å². The lowest BCUT2D eigenvalue weighted by Crippen LogP contribution is -2.37. The molecule has 0 aromatic heterocycles. The van der Waals surface area contributed by atoms with Gasteiger partial charge in [0.25, 0.3) is 0 Å². The van der Waals surface area contributed by atoms with Gasteiger partial charge in [-0.1, -0.05) is 41.9 Å². The second kappa shape index (κ2) is 8.87. The van der Waals surface area contributed by atoms with Gasteiger partial charge in [0.05, 0.1) is 6.04 Å². The third-order valence-electron chi connectivity index (χ3n) is 4.70. The second-order valence-electron chi connectivity index (χ2n) is 6.36. The minimum atomic E-state index is -0.812. The van der Waals surface area contributed by atoms with E-state index in [0.717, 1.165) is 37.7 Å². The molecule has 4 nitrogen and oxygen atoms in total. The molecule has 0 bridgehead atoms. The van der Waals surface area contributed by atoms with Crippen LogP contribution in [0.25, 0.3) is 0 Å². The number of halogens is 1. The molecule has 0 amide bonds.